The molecule has 1 atom stereocenters. The molecule has 0 aromatic carbocycles. The monoisotopic (exact) mass is 214 g/mol. The Morgan fingerprint density at radius 3 is 3.07 bits per heavy atom. The normalized spacial score (nSPS) is 21.7. The maximum atomic E-state index is 5.47. The van der Waals surface area contributed by atoms with Crippen molar-refractivity contribution < 1.29 is 4.74 Å². The Bertz CT molecular complexity index is 190. The lowest BCUT2D eigenvalue weighted by molar-refractivity contribution is 0.117. The summed E-state index contributed by atoms with van der Waals surface area (Å²) in [5.74, 6) is 6.02. The second-order valence-electron chi connectivity index (χ2n) is 3.75. The van der Waals surface area contributed by atoms with E-state index in [0.29, 0.717) is 12.5 Å². The highest BCUT2D eigenvalue weighted by molar-refractivity contribution is 5.79. The molecule has 1 rings (SSSR count). The molecule has 0 aromatic rings. The molecular formula is C10H22N4O. The molecule has 0 bridgehead atoms. The van der Waals surface area contributed by atoms with E-state index in [2.05, 4.69) is 22.7 Å². The van der Waals surface area contributed by atoms with Crippen LogP contribution in [0.15, 0.2) is 4.99 Å². The molecule has 1 aliphatic heterocycles. The van der Waals surface area contributed by atoms with Crippen molar-refractivity contribution in [1.29, 1.82) is 0 Å². The predicted molar refractivity (Wildman–Crippen MR) is 61.5 cm³/mol. The summed E-state index contributed by atoms with van der Waals surface area (Å²) in [6, 6.07) is 0. The van der Waals surface area contributed by atoms with E-state index in [-0.39, 0.29) is 6.10 Å². The maximum absolute atomic E-state index is 5.47. The SMILES string of the molecule is CCCCNC(=NCC1CCCO1)NN. The van der Waals surface area contributed by atoms with E-state index in [1.807, 2.05) is 0 Å². The summed E-state index contributed by atoms with van der Waals surface area (Å²) >= 11 is 0. The van der Waals surface area contributed by atoms with Crippen molar-refractivity contribution in [1.82, 2.24) is 10.7 Å². The van der Waals surface area contributed by atoms with Crippen LogP contribution in [0.5, 0.6) is 0 Å². The number of hydrogen-bond acceptors (Lipinski definition) is 3. The van der Waals surface area contributed by atoms with Gasteiger partial charge in [0.2, 0.25) is 5.96 Å². The van der Waals surface area contributed by atoms with Gasteiger partial charge in [0, 0.05) is 13.2 Å². The van der Waals surface area contributed by atoms with Gasteiger partial charge in [-0.25, -0.2) is 10.8 Å². The summed E-state index contributed by atoms with van der Waals surface area (Å²) in [5, 5.41) is 3.15. The number of guanidine groups is 1. The van der Waals surface area contributed by atoms with Gasteiger partial charge in [-0.3, -0.25) is 5.43 Å². The number of nitrogens with two attached hydrogens (primary N) is 1. The second kappa shape index (κ2) is 7.48. The largest absolute Gasteiger partial charge is 0.376 e. The lowest BCUT2D eigenvalue weighted by Crippen LogP contribution is -2.42. The van der Waals surface area contributed by atoms with Crippen LogP contribution in [0, 0.1) is 0 Å². The van der Waals surface area contributed by atoms with Crippen LogP contribution >= 0.6 is 0 Å². The topological polar surface area (TPSA) is 71.7 Å². The summed E-state index contributed by atoms with van der Waals surface area (Å²) in [5.41, 5.74) is 2.57. The second-order valence-corrected chi connectivity index (χ2v) is 3.75. The van der Waals surface area contributed by atoms with Crippen LogP contribution in [-0.2, 0) is 4.74 Å². The highest BCUT2D eigenvalue weighted by atomic mass is 16.5. The van der Waals surface area contributed by atoms with Gasteiger partial charge in [0.25, 0.3) is 0 Å². The molecule has 0 radical (unpaired) electrons. The van der Waals surface area contributed by atoms with Crippen molar-refractivity contribution in [2.75, 3.05) is 19.7 Å². The molecule has 1 saturated heterocycles. The molecule has 0 spiro atoms. The maximum Gasteiger partial charge on any atom is 0.205 e. The van der Waals surface area contributed by atoms with Crippen LogP contribution in [-0.4, -0.2) is 31.8 Å². The molecule has 0 aromatic heterocycles. The highest BCUT2D eigenvalue weighted by Crippen LogP contribution is 2.11. The molecule has 1 heterocycles. The van der Waals surface area contributed by atoms with Crippen LogP contribution in [0.25, 0.3) is 0 Å². The first kappa shape index (κ1) is 12.3. The molecule has 4 N–H and O–H groups in total. The zero-order valence-electron chi connectivity index (χ0n) is 9.46. The van der Waals surface area contributed by atoms with Gasteiger partial charge in [0.05, 0.1) is 12.6 Å². The molecule has 0 aliphatic carbocycles. The summed E-state index contributed by atoms with van der Waals surface area (Å²) in [6.07, 6.45) is 4.82. The average molecular weight is 214 g/mol. The van der Waals surface area contributed by atoms with E-state index in [1.54, 1.807) is 0 Å². The van der Waals surface area contributed by atoms with E-state index in [9.17, 15) is 0 Å². The Hall–Kier alpha value is -0.810. The molecule has 1 unspecified atom stereocenters. The minimum atomic E-state index is 0.279. The Morgan fingerprint density at radius 2 is 2.47 bits per heavy atom. The lowest BCUT2D eigenvalue weighted by atomic mass is 10.2. The van der Waals surface area contributed by atoms with Crippen molar-refractivity contribution in [3.8, 4) is 0 Å². The predicted octanol–water partition coefficient (Wildman–Crippen LogP) is 0.374. The van der Waals surface area contributed by atoms with E-state index in [4.69, 9.17) is 10.6 Å². The first-order valence-electron chi connectivity index (χ1n) is 5.73. The van der Waals surface area contributed by atoms with Crippen molar-refractivity contribution >= 4 is 5.96 Å². The number of aliphatic imine (C=N–C) groups is 1. The first-order valence-corrected chi connectivity index (χ1v) is 5.73. The highest BCUT2D eigenvalue weighted by Gasteiger charge is 2.14. The van der Waals surface area contributed by atoms with E-state index >= 15 is 0 Å². The van der Waals surface area contributed by atoms with Crippen LogP contribution in [0.1, 0.15) is 32.6 Å². The number of ether oxygens (including phenoxy) is 1. The molecule has 5 heteroatoms. The molecule has 1 aliphatic rings. The third-order valence-corrected chi connectivity index (χ3v) is 2.44. The van der Waals surface area contributed by atoms with Gasteiger partial charge in [0.1, 0.15) is 0 Å². The fourth-order valence-corrected chi connectivity index (χ4v) is 1.52. The minimum Gasteiger partial charge on any atom is -0.376 e. The van der Waals surface area contributed by atoms with Crippen LogP contribution in [0.3, 0.4) is 0 Å². The Balaban J connectivity index is 2.19. The van der Waals surface area contributed by atoms with Crippen molar-refractivity contribution in [2.45, 2.75) is 38.7 Å². The van der Waals surface area contributed by atoms with Crippen LogP contribution < -0.4 is 16.6 Å². The number of hydrogen-bond donors (Lipinski definition) is 3. The quantitative estimate of drug-likeness (QED) is 0.203. The number of nitrogens with one attached hydrogen (secondary N) is 2. The Morgan fingerprint density at radius 1 is 1.60 bits per heavy atom. The first-order chi connectivity index (χ1) is 7.36. The summed E-state index contributed by atoms with van der Waals surface area (Å²) in [7, 11) is 0. The number of rotatable bonds is 5. The zero-order valence-corrected chi connectivity index (χ0v) is 9.46. The van der Waals surface area contributed by atoms with Gasteiger partial charge >= 0.3 is 0 Å². The fourth-order valence-electron chi connectivity index (χ4n) is 1.52. The molecule has 0 saturated carbocycles. The Labute approximate surface area is 91.4 Å². The van der Waals surface area contributed by atoms with E-state index in [1.165, 1.54) is 0 Å². The third-order valence-electron chi connectivity index (χ3n) is 2.44. The minimum absolute atomic E-state index is 0.279. The van der Waals surface area contributed by atoms with Gasteiger partial charge in [0.15, 0.2) is 0 Å². The third kappa shape index (κ3) is 4.99. The van der Waals surface area contributed by atoms with Crippen LogP contribution in [0.2, 0.25) is 0 Å². The summed E-state index contributed by atoms with van der Waals surface area (Å²) < 4.78 is 5.47. The van der Waals surface area contributed by atoms with Crippen molar-refractivity contribution in [3.63, 3.8) is 0 Å². The van der Waals surface area contributed by atoms with Crippen LogP contribution in [0.4, 0.5) is 0 Å². The van der Waals surface area contributed by atoms with Gasteiger partial charge in [-0.15, -0.1) is 0 Å². The molecule has 0 amide bonds. The zero-order chi connectivity index (χ0) is 10.9. The summed E-state index contributed by atoms with van der Waals surface area (Å²) in [4.78, 5) is 4.34. The molecule has 1 fully saturated rings. The molecule has 15 heavy (non-hydrogen) atoms. The average Bonchev–Trinajstić information content (AvgIpc) is 2.76. The molecule has 5 nitrogen and oxygen atoms in total. The van der Waals surface area contributed by atoms with Gasteiger partial charge < -0.3 is 10.1 Å². The molecular weight excluding hydrogens is 192 g/mol. The van der Waals surface area contributed by atoms with E-state index in [0.717, 1.165) is 38.8 Å². The van der Waals surface area contributed by atoms with Gasteiger partial charge in [-0.2, -0.15) is 0 Å². The smallest absolute Gasteiger partial charge is 0.205 e. The number of unbranched alkanes of at least 4 members (excludes halogenated alkanes) is 1. The number of nitrogens with zero attached hydrogens (tertiary/aromatic N) is 1. The molecule has 88 valence electrons. The van der Waals surface area contributed by atoms with Crippen molar-refractivity contribution in [2.24, 2.45) is 10.8 Å². The number of hydrazine groups is 1. The van der Waals surface area contributed by atoms with E-state index < -0.39 is 0 Å². The van der Waals surface area contributed by atoms with Gasteiger partial charge in [-0.05, 0) is 19.3 Å². The fraction of sp³-hybridized carbons (Fsp3) is 0.900. The van der Waals surface area contributed by atoms with Gasteiger partial charge in [-0.1, -0.05) is 13.3 Å². The Kier molecular flexibility index (Phi) is 6.11. The lowest BCUT2D eigenvalue weighted by Gasteiger charge is -2.10. The standard InChI is InChI=1S/C10H22N4O/c1-2-3-6-12-10(14-11)13-8-9-5-4-7-15-9/h9H,2-8,11H2,1H3,(H2,12,13,14). The van der Waals surface area contributed by atoms with Crippen molar-refractivity contribution in [3.05, 3.63) is 0 Å². The summed E-state index contributed by atoms with van der Waals surface area (Å²) in [6.45, 7) is 4.62.